The van der Waals surface area contributed by atoms with Crippen molar-refractivity contribution < 1.29 is 18.3 Å². The van der Waals surface area contributed by atoms with Crippen LogP contribution in [-0.4, -0.2) is 17.9 Å². The fourth-order valence-electron chi connectivity index (χ4n) is 4.21. The second kappa shape index (κ2) is 9.65. The molecule has 0 bridgehead atoms. The summed E-state index contributed by atoms with van der Waals surface area (Å²) in [5.74, 6) is -0.193. The van der Waals surface area contributed by atoms with E-state index in [-0.39, 0.29) is 16.9 Å². The van der Waals surface area contributed by atoms with Crippen LogP contribution in [0.25, 0.3) is 32.7 Å². The van der Waals surface area contributed by atoms with Crippen LogP contribution in [-0.2, 0) is 6.18 Å². The van der Waals surface area contributed by atoms with Crippen molar-refractivity contribution in [2.24, 2.45) is 4.99 Å². The molecule has 0 unspecified atom stereocenters. The van der Waals surface area contributed by atoms with Gasteiger partial charge in [0.05, 0.1) is 5.56 Å². The maximum atomic E-state index is 13.8. The Morgan fingerprint density at radius 1 is 0.848 bits per heavy atom. The lowest BCUT2D eigenvalue weighted by Gasteiger charge is -2.17. The first-order chi connectivity index (χ1) is 15.9. The third-order valence-electron chi connectivity index (χ3n) is 5.88. The number of aromatic hydroxyl groups is 1. The van der Waals surface area contributed by atoms with Gasteiger partial charge in [-0.2, -0.15) is 13.2 Å². The molecule has 1 N–H and O–H groups in total. The lowest BCUT2D eigenvalue weighted by atomic mass is 9.89. The number of fused-ring (bicyclic) bond motifs is 2. The van der Waals surface area contributed by atoms with Gasteiger partial charge < -0.3 is 5.11 Å². The minimum absolute atomic E-state index is 0.0762. The molecular weight excluding hydrogens is 423 g/mol. The van der Waals surface area contributed by atoms with E-state index >= 15 is 0 Å². The number of hydrogen-bond acceptors (Lipinski definition) is 2. The van der Waals surface area contributed by atoms with Crippen LogP contribution in [0.1, 0.15) is 43.7 Å². The Balaban J connectivity index is 1.92. The van der Waals surface area contributed by atoms with Gasteiger partial charge in [-0.3, -0.25) is 4.99 Å². The van der Waals surface area contributed by atoms with E-state index in [1.54, 1.807) is 0 Å². The minimum Gasteiger partial charge on any atom is -0.507 e. The second-order valence-corrected chi connectivity index (χ2v) is 8.25. The Labute approximate surface area is 191 Å². The van der Waals surface area contributed by atoms with Crippen molar-refractivity contribution in [2.75, 3.05) is 6.54 Å². The molecule has 0 fully saturated rings. The highest BCUT2D eigenvalue weighted by Gasteiger charge is 2.32. The number of phenols is 1. The van der Waals surface area contributed by atoms with Gasteiger partial charge in [0.15, 0.2) is 0 Å². The maximum Gasteiger partial charge on any atom is 0.416 e. The van der Waals surface area contributed by atoms with E-state index < -0.39 is 11.7 Å². The summed E-state index contributed by atoms with van der Waals surface area (Å²) in [6.45, 7) is 2.63. The molecule has 5 heteroatoms. The lowest BCUT2D eigenvalue weighted by molar-refractivity contribution is -0.137. The molecule has 0 amide bonds. The van der Waals surface area contributed by atoms with E-state index in [1.165, 1.54) is 6.21 Å². The molecule has 33 heavy (non-hydrogen) atoms. The summed E-state index contributed by atoms with van der Waals surface area (Å²) < 4.78 is 41.5. The van der Waals surface area contributed by atoms with Crippen molar-refractivity contribution in [2.45, 2.75) is 38.8 Å². The summed E-state index contributed by atoms with van der Waals surface area (Å²) >= 11 is 0. The van der Waals surface area contributed by atoms with E-state index in [0.717, 1.165) is 59.4 Å². The van der Waals surface area contributed by atoms with E-state index in [4.69, 9.17) is 0 Å². The van der Waals surface area contributed by atoms with Crippen molar-refractivity contribution in [1.82, 2.24) is 0 Å². The van der Waals surface area contributed by atoms with Crippen LogP contribution in [0.3, 0.4) is 0 Å². The average Bonchev–Trinajstić information content (AvgIpc) is 2.80. The molecule has 0 spiro atoms. The van der Waals surface area contributed by atoms with Gasteiger partial charge in [-0.1, -0.05) is 74.7 Å². The van der Waals surface area contributed by atoms with Crippen LogP contribution in [0.2, 0.25) is 0 Å². The number of hydrogen-bond donors (Lipinski definition) is 1. The number of benzene rings is 4. The molecule has 2 nitrogen and oxygen atoms in total. The molecule has 0 saturated carbocycles. The molecule has 0 heterocycles. The standard InChI is InChI=1S/C28H26F3NO/c1-2-3-4-9-14-32-18-21-16-22(28(29,30)31)17-25(27(21)33)26-23-12-7-5-10-19(23)15-20-11-6-8-13-24(20)26/h5-8,10-13,15-18,33H,2-4,9,14H2,1H3. The van der Waals surface area contributed by atoms with Crippen LogP contribution < -0.4 is 0 Å². The first kappa shape index (κ1) is 22.8. The first-order valence-corrected chi connectivity index (χ1v) is 11.2. The fraction of sp³-hybridized carbons (Fsp3) is 0.250. The summed E-state index contributed by atoms with van der Waals surface area (Å²) in [5, 5.41) is 14.5. The molecule has 0 saturated heterocycles. The summed E-state index contributed by atoms with van der Waals surface area (Å²) in [5.41, 5.74) is 0.0160. The Morgan fingerprint density at radius 3 is 2.09 bits per heavy atom. The van der Waals surface area contributed by atoms with Gasteiger partial charge in [0.25, 0.3) is 0 Å². The van der Waals surface area contributed by atoms with Crippen LogP contribution in [0.15, 0.2) is 71.7 Å². The zero-order valence-corrected chi connectivity index (χ0v) is 18.5. The molecule has 4 rings (SSSR count). The van der Waals surface area contributed by atoms with Crippen LogP contribution in [0, 0.1) is 0 Å². The molecule has 0 radical (unpaired) electrons. The number of phenolic OH excluding ortho intramolecular Hbond substituents is 1. The Kier molecular flexibility index (Phi) is 6.68. The molecule has 4 aromatic carbocycles. The van der Waals surface area contributed by atoms with Gasteiger partial charge in [0.1, 0.15) is 5.75 Å². The smallest absolute Gasteiger partial charge is 0.416 e. The molecule has 0 aliphatic heterocycles. The summed E-state index contributed by atoms with van der Waals surface area (Å²) in [4.78, 5) is 4.30. The van der Waals surface area contributed by atoms with E-state index in [1.807, 2.05) is 54.6 Å². The monoisotopic (exact) mass is 449 g/mol. The predicted octanol–water partition coefficient (Wildman–Crippen LogP) is 8.38. The third kappa shape index (κ3) is 4.87. The van der Waals surface area contributed by atoms with Gasteiger partial charge >= 0.3 is 6.18 Å². The van der Waals surface area contributed by atoms with Gasteiger partial charge in [0, 0.05) is 29.4 Å². The normalized spacial score (nSPS) is 12.2. The lowest BCUT2D eigenvalue weighted by Crippen LogP contribution is -2.06. The van der Waals surface area contributed by atoms with Gasteiger partial charge in [0.2, 0.25) is 0 Å². The molecule has 0 aliphatic rings. The SMILES string of the molecule is CCCCCCN=Cc1cc(C(F)(F)F)cc(-c2c3ccccc3cc3ccccc23)c1O. The molecule has 0 atom stereocenters. The van der Waals surface area contributed by atoms with Gasteiger partial charge in [-0.25, -0.2) is 0 Å². The Morgan fingerprint density at radius 2 is 1.48 bits per heavy atom. The van der Waals surface area contributed by atoms with Crippen LogP contribution in [0.5, 0.6) is 5.75 Å². The quantitative estimate of drug-likeness (QED) is 0.171. The number of halogens is 3. The van der Waals surface area contributed by atoms with Gasteiger partial charge in [-0.05, 0) is 46.2 Å². The second-order valence-electron chi connectivity index (χ2n) is 8.25. The number of aliphatic imine (C=N–C) groups is 1. The van der Waals surface area contributed by atoms with Crippen LogP contribution >= 0.6 is 0 Å². The highest BCUT2D eigenvalue weighted by molar-refractivity contribution is 6.14. The number of nitrogens with zero attached hydrogens (tertiary/aromatic N) is 1. The molecule has 170 valence electrons. The van der Waals surface area contributed by atoms with Crippen molar-refractivity contribution in [3.05, 3.63) is 77.9 Å². The zero-order chi connectivity index (χ0) is 23.4. The van der Waals surface area contributed by atoms with Crippen molar-refractivity contribution in [3.63, 3.8) is 0 Å². The molecule has 0 aromatic heterocycles. The van der Waals surface area contributed by atoms with Gasteiger partial charge in [-0.15, -0.1) is 0 Å². The summed E-state index contributed by atoms with van der Waals surface area (Å²) in [6.07, 6.45) is 0.906. The number of unbranched alkanes of at least 4 members (excludes halogenated alkanes) is 3. The van der Waals surface area contributed by atoms with Crippen LogP contribution in [0.4, 0.5) is 13.2 Å². The van der Waals surface area contributed by atoms with E-state index in [9.17, 15) is 18.3 Å². The van der Waals surface area contributed by atoms with E-state index in [2.05, 4.69) is 11.9 Å². The predicted molar refractivity (Wildman–Crippen MR) is 130 cm³/mol. The molecule has 0 aliphatic carbocycles. The Hall–Kier alpha value is -3.34. The number of rotatable bonds is 7. The largest absolute Gasteiger partial charge is 0.507 e. The maximum absolute atomic E-state index is 13.8. The van der Waals surface area contributed by atoms with Crippen molar-refractivity contribution in [1.29, 1.82) is 0 Å². The van der Waals surface area contributed by atoms with Crippen molar-refractivity contribution in [3.8, 4) is 16.9 Å². The summed E-state index contributed by atoms with van der Waals surface area (Å²) in [6, 6.07) is 19.1. The molecular formula is C28H26F3NO. The average molecular weight is 450 g/mol. The first-order valence-electron chi connectivity index (χ1n) is 11.2. The fourth-order valence-corrected chi connectivity index (χ4v) is 4.21. The van der Waals surface area contributed by atoms with E-state index in [0.29, 0.717) is 12.1 Å². The topological polar surface area (TPSA) is 32.6 Å². The third-order valence-corrected chi connectivity index (χ3v) is 5.88. The summed E-state index contributed by atoms with van der Waals surface area (Å²) in [7, 11) is 0. The van der Waals surface area contributed by atoms with Crippen molar-refractivity contribution >= 4 is 27.8 Å². The Bertz CT molecular complexity index is 1250. The zero-order valence-electron chi connectivity index (χ0n) is 18.5. The minimum atomic E-state index is -4.55. The molecule has 4 aromatic rings. The highest BCUT2D eigenvalue weighted by Crippen LogP contribution is 2.44. The number of alkyl halides is 3. The highest BCUT2D eigenvalue weighted by atomic mass is 19.4.